The number of phenols is 1. The number of phenolic OH excluding ortho intramolecular Hbond substituents is 1. The van der Waals surface area contributed by atoms with Gasteiger partial charge in [0.2, 0.25) is 11.7 Å². The van der Waals surface area contributed by atoms with E-state index in [1.54, 1.807) is 19.0 Å². The molecule has 1 aromatic carbocycles. The number of halogens is 2. The van der Waals surface area contributed by atoms with E-state index in [1.807, 2.05) is 0 Å². The summed E-state index contributed by atoms with van der Waals surface area (Å²) in [5.41, 5.74) is 1.93. The third kappa shape index (κ3) is 4.46. The van der Waals surface area contributed by atoms with Crippen molar-refractivity contribution in [1.82, 2.24) is 4.90 Å². The Balaban J connectivity index is 1.70. The molecule has 2 saturated carbocycles. The summed E-state index contributed by atoms with van der Waals surface area (Å²) in [4.78, 5) is 55.2. The maximum atomic E-state index is 14.1. The molecule has 232 valence electrons. The van der Waals surface area contributed by atoms with E-state index >= 15 is 0 Å². The summed E-state index contributed by atoms with van der Waals surface area (Å²) in [6.07, 6.45) is 2.76. The minimum atomic E-state index is -2.75. The Labute approximate surface area is 261 Å². The number of nitrogens with two attached hydrogens (primary N) is 1. The fraction of sp³-hybridized carbons (Fsp3) is 0.517. The van der Waals surface area contributed by atoms with Crippen LogP contribution in [-0.4, -0.2) is 93.4 Å². The molecule has 0 aromatic heterocycles. The lowest BCUT2D eigenvalue weighted by Crippen LogP contribution is -2.65. The quantitative estimate of drug-likeness (QED) is 0.147. The summed E-state index contributed by atoms with van der Waals surface area (Å²) in [5, 5.41) is 48.6. The lowest BCUT2D eigenvalue weighted by molar-refractivity contribution is -0.153. The molecule has 2 fully saturated rings. The maximum Gasteiger partial charge on any atom is 0.255 e. The first kappa shape index (κ1) is 31.3. The Bertz CT molecular complexity index is 1530. The van der Waals surface area contributed by atoms with E-state index in [1.165, 1.54) is 19.0 Å². The Morgan fingerprint density at radius 2 is 1.77 bits per heavy atom. The van der Waals surface area contributed by atoms with E-state index in [-0.39, 0.29) is 40.6 Å². The van der Waals surface area contributed by atoms with Gasteiger partial charge < -0.3 is 36.4 Å². The largest absolute Gasteiger partial charge is 0.508 e. The van der Waals surface area contributed by atoms with Crippen LogP contribution in [0.2, 0.25) is 5.02 Å². The molecule has 43 heavy (non-hydrogen) atoms. The van der Waals surface area contributed by atoms with E-state index in [2.05, 4.69) is 21.2 Å². The monoisotopic (exact) mass is 680 g/mol. The van der Waals surface area contributed by atoms with Gasteiger partial charge in [-0.05, 0) is 57.2 Å². The summed E-state index contributed by atoms with van der Waals surface area (Å²) in [5.74, 6) is -7.92. The lowest BCUT2D eigenvalue weighted by Gasteiger charge is -2.50. The number of primary amides is 1. The Morgan fingerprint density at radius 3 is 2.28 bits per heavy atom. The molecule has 0 saturated heterocycles. The highest BCUT2D eigenvalue weighted by atomic mass is 79.9. The van der Waals surface area contributed by atoms with Gasteiger partial charge in [0.1, 0.15) is 22.8 Å². The van der Waals surface area contributed by atoms with Crippen LogP contribution in [0.3, 0.4) is 0 Å². The number of carbonyl (C=O) groups is 4. The van der Waals surface area contributed by atoms with Crippen LogP contribution in [0.1, 0.15) is 36.8 Å². The summed E-state index contributed by atoms with van der Waals surface area (Å²) >= 11 is 10.2. The number of anilines is 2. The number of benzene rings is 1. The van der Waals surface area contributed by atoms with Crippen molar-refractivity contribution in [2.24, 2.45) is 23.5 Å². The van der Waals surface area contributed by atoms with Gasteiger partial charge in [0.15, 0.2) is 17.1 Å². The molecule has 2 amide bonds. The third-order valence-corrected chi connectivity index (χ3v) is 10.8. The van der Waals surface area contributed by atoms with Gasteiger partial charge in [-0.1, -0.05) is 34.0 Å². The SMILES string of the molecule is CN(C)c1c(Cl)c(NC(=O)C(Br)C2CCC2)c(O)c2c1CC1CC3[C@H](N(C)C)C(=O)C(C(N)=O)=C(O)C3(O)C(=O)C1=C2O. The molecule has 4 unspecified atom stereocenters. The van der Waals surface area contributed by atoms with Crippen molar-refractivity contribution in [2.75, 3.05) is 38.4 Å². The van der Waals surface area contributed by atoms with E-state index in [0.717, 1.165) is 19.3 Å². The number of hydrogen-bond acceptors (Lipinski definition) is 10. The number of aliphatic hydroxyl groups is 3. The van der Waals surface area contributed by atoms with Gasteiger partial charge in [0.05, 0.1) is 27.1 Å². The summed E-state index contributed by atoms with van der Waals surface area (Å²) in [6.45, 7) is 0. The second-order valence-electron chi connectivity index (χ2n) is 12.2. The summed E-state index contributed by atoms with van der Waals surface area (Å²) < 4.78 is 0. The molecule has 1 aromatic rings. The number of nitrogens with one attached hydrogen (secondary N) is 1. The smallest absolute Gasteiger partial charge is 0.255 e. The van der Waals surface area contributed by atoms with Crippen molar-refractivity contribution in [3.8, 4) is 5.75 Å². The van der Waals surface area contributed by atoms with Crippen LogP contribution in [-0.2, 0) is 25.6 Å². The molecule has 5 atom stereocenters. The maximum absolute atomic E-state index is 14.1. The van der Waals surface area contributed by atoms with Crippen LogP contribution in [0.4, 0.5) is 11.4 Å². The van der Waals surface area contributed by atoms with Gasteiger partial charge in [0.25, 0.3) is 5.91 Å². The number of nitrogens with zero attached hydrogens (tertiary/aromatic N) is 2. The van der Waals surface area contributed by atoms with Crippen LogP contribution in [0.25, 0.3) is 5.76 Å². The Hall–Kier alpha value is -3.13. The molecule has 0 radical (unpaired) electrons. The topological polar surface area (TPSA) is 194 Å². The Kier molecular flexibility index (Phi) is 7.86. The van der Waals surface area contributed by atoms with E-state index in [4.69, 9.17) is 17.3 Å². The first-order chi connectivity index (χ1) is 20.0. The average Bonchev–Trinajstić information content (AvgIpc) is 2.86. The predicted molar refractivity (Wildman–Crippen MR) is 162 cm³/mol. The van der Waals surface area contributed by atoms with Gasteiger partial charge in [-0.2, -0.15) is 0 Å². The number of ketones is 2. The van der Waals surface area contributed by atoms with Gasteiger partial charge in [0, 0.05) is 25.6 Å². The highest BCUT2D eigenvalue weighted by Gasteiger charge is 2.64. The molecule has 0 heterocycles. The number of hydrogen-bond donors (Lipinski definition) is 6. The van der Waals surface area contributed by atoms with Crippen molar-refractivity contribution < 1.29 is 39.6 Å². The highest BCUT2D eigenvalue weighted by Crippen LogP contribution is 2.56. The number of aromatic hydroxyl groups is 1. The minimum Gasteiger partial charge on any atom is -0.508 e. The molecule has 0 bridgehead atoms. The van der Waals surface area contributed by atoms with Gasteiger partial charge in [-0.15, -0.1) is 0 Å². The number of alkyl halides is 1. The number of rotatable bonds is 6. The van der Waals surface area contributed by atoms with Gasteiger partial charge in [-0.3, -0.25) is 24.1 Å². The van der Waals surface area contributed by atoms with Crippen LogP contribution in [0.5, 0.6) is 5.75 Å². The molecular formula is C29H34BrClN4O8. The second-order valence-corrected chi connectivity index (χ2v) is 13.5. The zero-order chi connectivity index (χ0) is 31.9. The first-order valence-corrected chi connectivity index (χ1v) is 15.2. The molecule has 4 aliphatic rings. The van der Waals surface area contributed by atoms with Crippen molar-refractivity contribution in [3.63, 3.8) is 0 Å². The van der Waals surface area contributed by atoms with Crippen molar-refractivity contribution in [2.45, 2.75) is 48.6 Å². The molecule has 14 heteroatoms. The predicted octanol–water partition coefficient (Wildman–Crippen LogP) is 2.19. The van der Waals surface area contributed by atoms with Crippen molar-refractivity contribution in [3.05, 3.63) is 33.1 Å². The van der Waals surface area contributed by atoms with Crippen LogP contribution in [0.15, 0.2) is 16.9 Å². The van der Waals surface area contributed by atoms with Crippen LogP contribution in [0, 0.1) is 17.8 Å². The van der Waals surface area contributed by atoms with Crippen LogP contribution >= 0.6 is 27.5 Å². The molecule has 0 aliphatic heterocycles. The fourth-order valence-electron chi connectivity index (χ4n) is 7.05. The van der Waals surface area contributed by atoms with Crippen LogP contribution < -0.4 is 16.0 Å². The highest BCUT2D eigenvalue weighted by molar-refractivity contribution is 9.10. The number of fused-ring (bicyclic) bond motifs is 3. The van der Waals surface area contributed by atoms with Crippen molar-refractivity contribution >= 4 is 68.0 Å². The Morgan fingerprint density at radius 1 is 1.14 bits per heavy atom. The number of carbonyl (C=O) groups excluding carboxylic acids is 4. The van der Waals surface area contributed by atoms with Gasteiger partial charge in [-0.25, -0.2) is 0 Å². The number of Topliss-reactive ketones (excluding diaryl/α,β-unsaturated/α-hetero) is 2. The number of aliphatic hydroxyl groups excluding tert-OH is 2. The number of amides is 2. The first-order valence-electron chi connectivity index (χ1n) is 13.9. The average molecular weight is 682 g/mol. The van der Waals surface area contributed by atoms with E-state index in [9.17, 15) is 39.6 Å². The fourth-order valence-corrected chi connectivity index (χ4v) is 8.11. The van der Waals surface area contributed by atoms with Gasteiger partial charge >= 0.3 is 0 Å². The minimum absolute atomic E-state index is 0.0310. The molecule has 0 spiro atoms. The number of likely N-dealkylation sites (N-methyl/N-ethyl adjacent to an activating group) is 1. The summed E-state index contributed by atoms with van der Waals surface area (Å²) in [7, 11) is 6.47. The molecule has 12 nitrogen and oxygen atoms in total. The van der Waals surface area contributed by atoms with E-state index in [0.29, 0.717) is 11.3 Å². The molecule has 5 rings (SSSR count). The van der Waals surface area contributed by atoms with Crippen molar-refractivity contribution in [1.29, 1.82) is 0 Å². The molecule has 4 aliphatic carbocycles. The van der Waals surface area contributed by atoms with E-state index < -0.39 is 74.5 Å². The molecular weight excluding hydrogens is 648 g/mol. The second kappa shape index (κ2) is 10.8. The zero-order valence-corrected chi connectivity index (χ0v) is 26.4. The third-order valence-electron chi connectivity index (χ3n) is 9.31. The standard InChI is InChI=1S/C29H34BrClN4O8/c1-34(2)20-12-8-11-9-13-21(35(3)4)24(38)16(27(32)41)26(40)29(13,43)25(39)14(11)22(36)15(12)23(37)19(18(20)31)33-28(42)17(30)10-6-5-7-10/h10-11,13,17,21,36-37,40,43H,5-9H2,1-4H3,(H2,32,41)(H,33,42)/t11?,13?,17?,21-,29?/m0/s1. The molecule has 7 N–H and O–H groups in total. The normalized spacial score (nSPS) is 27.8. The zero-order valence-electron chi connectivity index (χ0n) is 24.1. The lowest BCUT2D eigenvalue weighted by atomic mass is 9.57. The summed E-state index contributed by atoms with van der Waals surface area (Å²) in [6, 6.07) is -1.19.